The van der Waals surface area contributed by atoms with Crippen LogP contribution in [0.5, 0.6) is 5.75 Å². The van der Waals surface area contributed by atoms with Gasteiger partial charge in [-0.2, -0.15) is 0 Å². The van der Waals surface area contributed by atoms with Crippen LogP contribution in [-0.2, 0) is 4.74 Å². The van der Waals surface area contributed by atoms with Crippen LogP contribution in [-0.4, -0.2) is 19.8 Å². The zero-order valence-electron chi connectivity index (χ0n) is 13.9. The first-order valence-electron chi connectivity index (χ1n) is 8.68. The number of nitrogens with one attached hydrogen (secondary N) is 1. The third kappa shape index (κ3) is 2.96. The minimum atomic E-state index is 0.405. The first-order chi connectivity index (χ1) is 11.9. The SMILES string of the molecule is CCOCCOc1ccc2c(c1)C1C=CCC1C(c1cccs1)N2. The molecule has 0 spiro atoms. The summed E-state index contributed by atoms with van der Waals surface area (Å²) in [4.78, 5) is 1.43. The molecule has 2 aliphatic rings. The first-order valence-corrected chi connectivity index (χ1v) is 9.56. The lowest BCUT2D eigenvalue weighted by Gasteiger charge is -2.37. The van der Waals surface area contributed by atoms with Crippen molar-refractivity contribution in [2.75, 3.05) is 25.1 Å². The maximum absolute atomic E-state index is 5.85. The lowest BCUT2D eigenvalue weighted by Crippen LogP contribution is -2.28. The van der Waals surface area contributed by atoms with Gasteiger partial charge < -0.3 is 14.8 Å². The van der Waals surface area contributed by atoms with Crippen molar-refractivity contribution in [3.05, 3.63) is 58.3 Å². The molecule has 4 heteroatoms. The lowest BCUT2D eigenvalue weighted by molar-refractivity contribution is 0.110. The number of ether oxygens (including phenoxy) is 2. The van der Waals surface area contributed by atoms with E-state index >= 15 is 0 Å². The molecule has 24 heavy (non-hydrogen) atoms. The zero-order valence-corrected chi connectivity index (χ0v) is 14.7. The summed E-state index contributed by atoms with van der Waals surface area (Å²) in [5.41, 5.74) is 2.59. The molecule has 2 aromatic rings. The Kier molecular flexibility index (Phi) is 4.58. The monoisotopic (exact) mass is 341 g/mol. The van der Waals surface area contributed by atoms with Gasteiger partial charge in [0.05, 0.1) is 12.6 Å². The van der Waals surface area contributed by atoms with Gasteiger partial charge in [-0.15, -0.1) is 11.3 Å². The molecular formula is C20H23NO2S. The highest BCUT2D eigenvalue weighted by Crippen LogP contribution is 2.51. The van der Waals surface area contributed by atoms with Gasteiger partial charge in [-0.05, 0) is 54.5 Å². The van der Waals surface area contributed by atoms with E-state index in [4.69, 9.17) is 9.47 Å². The molecule has 4 rings (SSSR count). The van der Waals surface area contributed by atoms with Crippen LogP contribution in [0.25, 0.3) is 0 Å². The second-order valence-electron chi connectivity index (χ2n) is 6.29. The molecule has 1 aromatic heterocycles. The maximum atomic E-state index is 5.85. The van der Waals surface area contributed by atoms with E-state index in [2.05, 4.69) is 53.2 Å². The Labute approximate surface area is 147 Å². The molecule has 126 valence electrons. The predicted octanol–water partition coefficient (Wildman–Crippen LogP) is 4.99. The number of thiophene rings is 1. The molecule has 0 bridgehead atoms. The zero-order chi connectivity index (χ0) is 16.4. The minimum absolute atomic E-state index is 0.405. The van der Waals surface area contributed by atoms with Gasteiger partial charge >= 0.3 is 0 Å². The summed E-state index contributed by atoms with van der Waals surface area (Å²) >= 11 is 1.84. The van der Waals surface area contributed by atoms with Gasteiger partial charge in [0.1, 0.15) is 12.4 Å². The van der Waals surface area contributed by atoms with Gasteiger partial charge in [-0.3, -0.25) is 0 Å². The molecule has 2 heterocycles. The highest BCUT2D eigenvalue weighted by molar-refractivity contribution is 7.10. The van der Waals surface area contributed by atoms with Gasteiger partial charge in [0, 0.05) is 23.1 Å². The quantitative estimate of drug-likeness (QED) is 0.593. The lowest BCUT2D eigenvalue weighted by atomic mass is 9.79. The third-order valence-corrected chi connectivity index (χ3v) is 5.84. The van der Waals surface area contributed by atoms with Crippen LogP contribution >= 0.6 is 11.3 Å². The van der Waals surface area contributed by atoms with Crippen LogP contribution in [0.15, 0.2) is 47.9 Å². The number of rotatable bonds is 6. The molecule has 1 aliphatic heterocycles. The Morgan fingerprint density at radius 3 is 3.04 bits per heavy atom. The second kappa shape index (κ2) is 6.99. The molecule has 1 N–H and O–H groups in total. The van der Waals surface area contributed by atoms with Gasteiger partial charge in [0.25, 0.3) is 0 Å². The van der Waals surface area contributed by atoms with E-state index in [1.165, 1.54) is 16.1 Å². The summed E-state index contributed by atoms with van der Waals surface area (Å²) in [6.07, 6.45) is 5.83. The fraction of sp³-hybridized carbons (Fsp3) is 0.400. The Bertz CT molecular complexity index is 710. The van der Waals surface area contributed by atoms with Crippen molar-refractivity contribution in [3.63, 3.8) is 0 Å². The van der Waals surface area contributed by atoms with Crippen molar-refractivity contribution in [3.8, 4) is 5.75 Å². The summed E-state index contributed by atoms with van der Waals surface area (Å²) < 4.78 is 11.2. The third-order valence-electron chi connectivity index (χ3n) is 4.88. The summed E-state index contributed by atoms with van der Waals surface area (Å²) in [6.45, 7) is 3.97. The second-order valence-corrected chi connectivity index (χ2v) is 7.26. The average molecular weight is 341 g/mol. The van der Waals surface area contributed by atoms with Crippen LogP contribution in [0.4, 0.5) is 5.69 Å². The molecule has 0 amide bonds. The van der Waals surface area contributed by atoms with E-state index in [9.17, 15) is 0 Å². The van der Waals surface area contributed by atoms with Gasteiger partial charge in [0.2, 0.25) is 0 Å². The van der Waals surface area contributed by atoms with E-state index in [1.807, 2.05) is 18.3 Å². The van der Waals surface area contributed by atoms with E-state index < -0.39 is 0 Å². The molecule has 3 atom stereocenters. The summed E-state index contributed by atoms with van der Waals surface area (Å²) in [5, 5.41) is 5.93. The van der Waals surface area contributed by atoms with E-state index in [0.717, 1.165) is 18.8 Å². The van der Waals surface area contributed by atoms with Crippen molar-refractivity contribution < 1.29 is 9.47 Å². The highest BCUT2D eigenvalue weighted by atomic mass is 32.1. The van der Waals surface area contributed by atoms with Crippen LogP contribution in [0.3, 0.4) is 0 Å². The molecular weight excluding hydrogens is 318 g/mol. The summed E-state index contributed by atoms with van der Waals surface area (Å²) in [7, 11) is 0. The number of hydrogen-bond acceptors (Lipinski definition) is 4. The van der Waals surface area contributed by atoms with Gasteiger partial charge in [0.15, 0.2) is 0 Å². The van der Waals surface area contributed by atoms with E-state index in [0.29, 0.717) is 31.1 Å². The van der Waals surface area contributed by atoms with Crippen molar-refractivity contribution >= 4 is 17.0 Å². The van der Waals surface area contributed by atoms with Crippen LogP contribution in [0.1, 0.15) is 35.7 Å². The van der Waals surface area contributed by atoms with Crippen molar-refractivity contribution in [1.82, 2.24) is 0 Å². The fourth-order valence-electron chi connectivity index (χ4n) is 3.77. The smallest absolute Gasteiger partial charge is 0.119 e. The summed E-state index contributed by atoms with van der Waals surface area (Å²) in [5.74, 6) is 2.00. The number of allylic oxidation sites excluding steroid dienone is 2. The van der Waals surface area contributed by atoms with Crippen LogP contribution < -0.4 is 10.1 Å². The largest absolute Gasteiger partial charge is 0.491 e. The molecule has 3 nitrogen and oxygen atoms in total. The predicted molar refractivity (Wildman–Crippen MR) is 99.1 cm³/mol. The summed E-state index contributed by atoms with van der Waals surface area (Å²) in [6, 6.07) is 11.2. The minimum Gasteiger partial charge on any atom is -0.491 e. The number of hydrogen-bond donors (Lipinski definition) is 1. The Morgan fingerprint density at radius 2 is 2.21 bits per heavy atom. The Balaban J connectivity index is 1.56. The average Bonchev–Trinajstić information content (AvgIpc) is 3.29. The first kappa shape index (κ1) is 15.7. The topological polar surface area (TPSA) is 30.5 Å². The van der Waals surface area contributed by atoms with Crippen molar-refractivity contribution in [2.24, 2.45) is 5.92 Å². The molecule has 0 fully saturated rings. The molecule has 0 radical (unpaired) electrons. The molecule has 0 saturated carbocycles. The molecule has 1 aromatic carbocycles. The fourth-order valence-corrected chi connectivity index (χ4v) is 4.63. The molecule has 3 unspecified atom stereocenters. The van der Waals surface area contributed by atoms with Crippen molar-refractivity contribution in [2.45, 2.75) is 25.3 Å². The van der Waals surface area contributed by atoms with Crippen molar-refractivity contribution in [1.29, 1.82) is 0 Å². The van der Waals surface area contributed by atoms with Crippen LogP contribution in [0.2, 0.25) is 0 Å². The normalized spacial score (nSPS) is 24.3. The maximum Gasteiger partial charge on any atom is 0.119 e. The molecule has 1 aliphatic carbocycles. The highest BCUT2D eigenvalue weighted by Gasteiger charge is 2.38. The van der Waals surface area contributed by atoms with Gasteiger partial charge in [-0.1, -0.05) is 18.2 Å². The Hall–Kier alpha value is -1.78. The molecule has 0 saturated heterocycles. The number of anilines is 1. The van der Waals surface area contributed by atoms with Gasteiger partial charge in [-0.25, -0.2) is 0 Å². The van der Waals surface area contributed by atoms with Crippen LogP contribution in [0, 0.1) is 5.92 Å². The number of fused-ring (bicyclic) bond motifs is 3. The standard InChI is InChI=1S/C20H23NO2S/c1-2-22-10-11-23-14-8-9-18-17(13-14)15-5-3-6-16(15)20(21-18)19-7-4-12-24-19/h3-5,7-9,12-13,15-16,20-21H,2,6,10-11H2,1H3. The number of benzene rings is 1. The van der Waals surface area contributed by atoms with E-state index in [1.54, 1.807) is 0 Å². The Morgan fingerprint density at radius 1 is 1.25 bits per heavy atom. The van der Waals surface area contributed by atoms with E-state index in [-0.39, 0.29) is 0 Å².